The second kappa shape index (κ2) is 7.81. The van der Waals surface area contributed by atoms with E-state index in [1.807, 2.05) is 12.1 Å². The van der Waals surface area contributed by atoms with E-state index in [0.29, 0.717) is 12.0 Å². The molecule has 1 fully saturated rings. The van der Waals surface area contributed by atoms with Gasteiger partial charge in [0.05, 0.1) is 6.21 Å². The van der Waals surface area contributed by atoms with Crippen molar-refractivity contribution in [3.63, 3.8) is 0 Å². The van der Waals surface area contributed by atoms with Gasteiger partial charge in [0, 0.05) is 6.04 Å². The van der Waals surface area contributed by atoms with E-state index in [1.165, 1.54) is 18.4 Å². The number of hydrogen-bond acceptors (Lipinski definition) is 3. The molecular formula is C17H24N2O2. The molecule has 0 heterocycles. The summed E-state index contributed by atoms with van der Waals surface area (Å²) in [5, 5.41) is 6.80. The van der Waals surface area contributed by atoms with Crippen LogP contribution in [-0.2, 0) is 9.63 Å². The first-order chi connectivity index (χ1) is 10.1. The molecule has 2 rings (SSSR count). The van der Waals surface area contributed by atoms with Crippen molar-refractivity contribution in [1.29, 1.82) is 0 Å². The quantitative estimate of drug-likeness (QED) is 0.645. The number of amides is 1. The summed E-state index contributed by atoms with van der Waals surface area (Å²) in [5.74, 6) is 0.431. The summed E-state index contributed by atoms with van der Waals surface area (Å²) in [6.07, 6.45) is 6.20. The molecule has 0 aromatic heterocycles. The molecule has 1 aliphatic carbocycles. The van der Waals surface area contributed by atoms with Crippen LogP contribution in [-0.4, -0.2) is 24.8 Å². The summed E-state index contributed by atoms with van der Waals surface area (Å²) in [5.41, 5.74) is 2.26. The van der Waals surface area contributed by atoms with Crippen LogP contribution in [0.3, 0.4) is 0 Å². The Balaban J connectivity index is 1.70. The minimum absolute atomic E-state index is 0.0168. The van der Waals surface area contributed by atoms with Crippen molar-refractivity contribution in [3.05, 3.63) is 35.4 Å². The molecule has 0 spiro atoms. The summed E-state index contributed by atoms with van der Waals surface area (Å²) < 4.78 is 0. The maximum Gasteiger partial charge on any atom is 0.260 e. The highest BCUT2D eigenvalue weighted by Crippen LogP contribution is 2.17. The first kappa shape index (κ1) is 15.5. The van der Waals surface area contributed by atoms with Crippen LogP contribution in [0.15, 0.2) is 29.4 Å². The summed E-state index contributed by atoms with van der Waals surface area (Å²) in [6.45, 7) is 4.31. The molecule has 1 saturated carbocycles. The largest absolute Gasteiger partial charge is 0.386 e. The van der Waals surface area contributed by atoms with Gasteiger partial charge in [-0.2, -0.15) is 0 Å². The number of oxime groups is 1. The number of benzene rings is 1. The van der Waals surface area contributed by atoms with Crippen LogP contribution in [0, 0.1) is 0 Å². The monoisotopic (exact) mass is 288 g/mol. The van der Waals surface area contributed by atoms with Crippen LogP contribution in [0.25, 0.3) is 0 Å². The number of carbonyl (C=O) groups excluding carboxylic acids is 1. The van der Waals surface area contributed by atoms with Crippen molar-refractivity contribution >= 4 is 12.1 Å². The molecule has 21 heavy (non-hydrogen) atoms. The minimum Gasteiger partial charge on any atom is -0.386 e. The molecule has 0 radical (unpaired) electrons. The second-order valence-corrected chi connectivity index (χ2v) is 5.88. The maximum absolute atomic E-state index is 11.6. The van der Waals surface area contributed by atoms with Gasteiger partial charge in [-0.1, -0.05) is 56.1 Å². The number of carbonyl (C=O) groups is 1. The van der Waals surface area contributed by atoms with E-state index in [1.54, 1.807) is 6.21 Å². The van der Waals surface area contributed by atoms with Crippen molar-refractivity contribution in [1.82, 2.24) is 5.32 Å². The first-order valence-corrected chi connectivity index (χ1v) is 7.70. The molecule has 0 aliphatic heterocycles. The fraction of sp³-hybridized carbons (Fsp3) is 0.529. The molecule has 1 amide bonds. The summed E-state index contributed by atoms with van der Waals surface area (Å²) in [4.78, 5) is 16.7. The van der Waals surface area contributed by atoms with Gasteiger partial charge in [-0.25, -0.2) is 0 Å². The normalized spacial score (nSPS) is 15.8. The first-order valence-electron chi connectivity index (χ1n) is 7.70. The van der Waals surface area contributed by atoms with E-state index in [0.717, 1.165) is 18.4 Å². The summed E-state index contributed by atoms with van der Waals surface area (Å²) >= 11 is 0. The van der Waals surface area contributed by atoms with Gasteiger partial charge in [-0.05, 0) is 29.9 Å². The van der Waals surface area contributed by atoms with Gasteiger partial charge in [-0.3, -0.25) is 4.79 Å². The van der Waals surface area contributed by atoms with E-state index in [4.69, 9.17) is 4.84 Å². The van der Waals surface area contributed by atoms with Crippen LogP contribution < -0.4 is 5.32 Å². The maximum atomic E-state index is 11.6. The van der Waals surface area contributed by atoms with Crippen molar-refractivity contribution in [3.8, 4) is 0 Å². The topological polar surface area (TPSA) is 50.7 Å². The van der Waals surface area contributed by atoms with E-state index in [-0.39, 0.29) is 12.5 Å². The highest BCUT2D eigenvalue weighted by atomic mass is 16.6. The molecule has 1 aromatic carbocycles. The van der Waals surface area contributed by atoms with Crippen LogP contribution in [0.4, 0.5) is 0 Å². The Kier molecular flexibility index (Phi) is 5.78. The van der Waals surface area contributed by atoms with Gasteiger partial charge in [0.25, 0.3) is 5.91 Å². The molecule has 4 nitrogen and oxygen atoms in total. The third-order valence-corrected chi connectivity index (χ3v) is 3.80. The molecule has 0 bridgehead atoms. The lowest BCUT2D eigenvalue weighted by molar-refractivity contribution is -0.126. The Bertz CT molecular complexity index is 474. The Labute approximate surface area is 126 Å². The SMILES string of the molecule is CC(C)c1ccc(/C=N\OCC(=O)NC2CCCC2)cc1. The smallest absolute Gasteiger partial charge is 0.260 e. The summed E-state index contributed by atoms with van der Waals surface area (Å²) in [7, 11) is 0. The number of nitrogens with zero attached hydrogens (tertiary/aromatic N) is 1. The zero-order chi connectivity index (χ0) is 15.1. The molecule has 114 valence electrons. The number of nitrogens with one attached hydrogen (secondary N) is 1. The third kappa shape index (κ3) is 5.21. The molecule has 0 atom stereocenters. The predicted octanol–water partition coefficient (Wildman–Crippen LogP) is 3.22. The lowest BCUT2D eigenvalue weighted by Gasteiger charge is -2.10. The van der Waals surface area contributed by atoms with Gasteiger partial charge in [0.2, 0.25) is 0 Å². The number of hydrogen-bond donors (Lipinski definition) is 1. The van der Waals surface area contributed by atoms with Gasteiger partial charge >= 0.3 is 0 Å². The van der Waals surface area contributed by atoms with Gasteiger partial charge in [0.1, 0.15) is 0 Å². The highest BCUT2D eigenvalue weighted by molar-refractivity contribution is 5.80. The zero-order valence-electron chi connectivity index (χ0n) is 12.8. The lowest BCUT2D eigenvalue weighted by Crippen LogP contribution is -2.34. The molecule has 4 heteroatoms. The molecule has 1 N–H and O–H groups in total. The Hall–Kier alpha value is -1.84. The van der Waals surface area contributed by atoms with E-state index in [9.17, 15) is 4.79 Å². The second-order valence-electron chi connectivity index (χ2n) is 5.88. The van der Waals surface area contributed by atoms with Crippen molar-refractivity contribution in [2.75, 3.05) is 6.61 Å². The minimum atomic E-state index is -0.0887. The average Bonchev–Trinajstić information content (AvgIpc) is 2.97. The van der Waals surface area contributed by atoms with Crippen molar-refractivity contribution in [2.24, 2.45) is 5.16 Å². The zero-order valence-corrected chi connectivity index (χ0v) is 12.8. The fourth-order valence-electron chi connectivity index (χ4n) is 2.50. The molecule has 1 aliphatic rings. The van der Waals surface area contributed by atoms with Gasteiger partial charge < -0.3 is 10.2 Å². The fourth-order valence-corrected chi connectivity index (χ4v) is 2.50. The lowest BCUT2D eigenvalue weighted by atomic mass is 10.0. The standard InChI is InChI=1S/C17H24N2O2/c1-13(2)15-9-7-14(8-10-15)11-18-21-12-17(20)19-16-5-3-4-6-16/h7-11,13,16H,3-6,12H2,1-2H3,(H,19,20)/b18-11-. The molecule has 0 saturated heterocycles. The Morgan fingerprint density at radius 2 is 2.00 bits per heavy atom. The van der Waals surface area contributed by atoms with Crippen molar-refractivity contribution < 1.29 is 9.63 Å². The third-order valence-electron chi connectivity index (χ3n) is 3.80. The molecule has 0 unspecified atom stereocenters. The van der Waals surface area contributed by atoms with Crippen LogP contribution in [0.5, 0.6) is 0 Å². The summed E-state index contributed by atoms with van der Waals surface area (Å²) in [6, 6.07) is 8.49. The van der Waals surface area contributed by atoms with E-state index in [2.05, 4.69) is 36.5 Å². The van der Waals surface area contributed by atoms with Crippen LogP contribution in [0.2, 0.25) is 0 Å². The molecule has 1 aromatic rings. The number of rotatable bonds is 6. The predicted molar refractivity (Wildman–Crippen MR) is 84.5 cm³/mol. The molecular weight excluding hydrogens is 264 g/mol. The van der Waals surface area contributed by atoms with Crippen LogP contribution >= 0.6 is 0 Å². The van der Waals surface area contributed by atoms with Crippen molar-refractivity contribution in [2.45, 2.75) is 51.5 Å². The van der Waals surface area contributed by atoms with Gasteiger partial charge in [0.15, 0.2) is 6.61 Å². The Morgan fingerprint density at radius 1 is 1.33 bits per heavy atom. The highest BCUT2D eigenvalue weighted by Gasteiger charge is 2.16. The van der Waals surface area contributed by atoms with E-state index >= 15 is 0 Å². The van der Waals surface area contributed by atoms with E-state index < -0.39 is 0 Å². The van der Waals surface area contributed by atoms with Gasteiger partial charge in [-0.15, -0.1) is 0 Å². The van der Waals surface area contributed by atoms with Crippen LogP contribution in [0.1, 0.15) is 56.6 Å². The Morgan fingerprint density at radius 3 is 2.62 bits per heavy atom. The average molecular weight is 288 g/mol.